The van der Waals surface area contributed by atoms with Gasteiger partial charge in [0.25, 0.3) is 5.91 Å². The Morgan fingerprint density at radius 3 is 2.52 bits per heavy atom. The van der Waals surface area contributed by atoms with Crippen LogP contribution in [-0.4, -0.2) is 23.9 Å². The molecule has 1 aliphatic heterocycles. The van der Waals surface area contributed by atoms with Crippen LogP contribution in [0.25, 0.3) is 0 Å². The Balaban J connectivity index is 2.06. The van der Waals surface area contributed by atoms with Gasteiger partial charge in [-0.3, -0.25) is 14.5 Å². The summed E-state index contributed by atoms with van der Waals surface area (Å²) < 4.78 is 27.4. The molecular formula is C14H13BrF2N2O2. The molecule has 2 fully saturated rings. The highest BCUT2D eigenvalue weighted by Crippen LogP contribution is 2.38. The molecular weight excluding hydrogens is 346 g/mol. The topological polar surface area (TPSA) is 49.4 Å². The van der Waals surface area contributed by atoms with Crippen molar-refractivity contribution in [1.29, 1.82) is 0 Å². The molecule has 21 heavy (non-hydrogen) atoms. The Kier molecular flexibility index (Phi) is 3.47. The first-order valence-electron chi connectivity index (χ1n) is 6.68. The number of rotatable bonds is 2. The zero-order valence-corrected chi connectivity index (χ0v) is 12.8. The fourth-order valence-corrected chi connectivity index (χ4v) is 3.21. The molecule has 2 atom stereocenters. The van der Waals surface area contributed by atoms with Crippen molar-refractivity contribution in [3.8, 4) is 0 Å². The van der Waals surface area contributed by atoms with Crippen LogP contribution in [0.1, 0.15) is 19.8 Å². The molecule has 1 saturated heterocycles. The fraction of sp³-hybridized carbons (Fsp3) is 0.429. The average molecular weight is 359 g/mol. The minimum Gasteiger partial charge on any atom is -0.342 e. The molecule has 7 heteroatoms. The predicted octanol–water partition coefficient (Wildman–Crippen LogP) is 2.36. The van der Waals surface area contributed by atoms with Gasteiger partial charge in [-0.05, 0) is 47.7 Å². The van der Waals surface area contributed by atoms with E-state index in [1.807, 2.05) is 0 Å². The summed E-state index contributed by atoms with van der Waals surface area (Å²) in [5.74, 6) is -2.19. The lowest BCUT2D eigenvalue weighted by molar-refractivity contribution is -0.134. The standard InChI is InChI=1S/C14H13BrF2N2O2/c1-6-13(20)18-11(7-2-3-7)14(21)19(6)12-9(15)4-8(16)5-10(12)17/h4-7,11H,2-3H2,1H3,(H,18,20). The number of benzene rings is 1. The average Bonchev–Trinajstić information content (AvgIpc) is 3.21. The van der Waals surface area contributed by atoms with Crippen molar-refractivity contribution in [1.82, 2.24) is 5.32 Å². The molecule has 1 saturated carbocycles. The monoisotopic (exact) mass is 358 g/mol. The van der Waals surface area contributed by atoms with E-state index < -0.39 is 23.7 Å². The Labute approximate surface area is 128 Å². The van der Waals surface area contributed by atoms with Gasteiger partial charge in [-0.25, -0.2) is 8.78 Å². The number of carbonyl (C=O) groups is 2. The van der Waals surface area contributed by atoms with E-state index in [0.29, 0.717) is 6.07 Å². The van der Waals surface area contributed by atoms with Gasteiger partial charge in [0.2, 0.25) is 5.91 Å². The summed E-state index contributed by atoms with van der Waals surface area (Å²) in [6.45, 7) is 1.52. The third-order valence-corrected chi connectivity index (χ3v) is 4.49. The first kappa shape index (κ1) is 14.4. The van der Waals surface area contributed by atoms with Crippen molar-refractivity contribution in [2.24, 2.45) is 5.92 Å². The normalized spacial score (nSPS) is 26.0. The van der Waals surface area contributed by atoms with Crippen LogP contribution >= 0.6 is 15.9 Å². The van der Waals surface area contributed by atoms with Crippen molar-refractivity contribution >= 4 is 33.4 Å². The summed E-state index contributed by atoms with van der Waals surface area (Å²) in [7, 11) is 0. The zero-order valence-electron chi connectivity index (χ0n) is 11.2. The third kappa shape index (κ3) is 2.43. The molecule has 0 aromatic heterocycles. The number of halogens is 3. The molecule has 2 aliphatic rings. The lowest BCUT2D eigenvalue weighted by Crippen LogP contribution is -2.63. The number of amides is 2. The van der Waals surface area contributed by atoms with Crippen molar-refractivity contribution < 1.29 is 18.4 Å². The van der Waals surface area contributed by atoms with E-state index >= 15 is 0 Å². The number of carbonyl (C=O) groups excluding carboxylic acids is 2. The molecule has 4 nitrogen and oxygen atoms in total. The number of piperazine rings is 1. The number of nitrogens with one attached hydrogen (secondary N) is 1. The van der Waals surface area contributed by atoms with Gasteiger partial charge in [-0.1, -0.05) is 0 Å². The van der Waals surface area contributed by atoms with Crippen molar-refractivity contribution in [2.75, 3.05) is 4.90 Å². The van der Waals surface area contributed by atoms with Crippen LogP contribution in [0.2, 0.25) is 0 Å². The summed E-state index contributed by atoms with van der Waals surface area (Å²) in [5, 5.41) is 2.69. The van der Waals surface area contributed by atoms with Gasteiger partial charge in [0.05, 0.1) is 5.69 Å². The third-order valence-electron chi connectivity index (χ3n) is 3.88. The SMILES string of the molecule is CC1C(=O)NC(C2CC2)C(=O)N1c1c(F)cc(F)cc1Br. The van der Waals surface area contributed by atoms with E-state index in [1.54, 1.807) is 0 Å². The number of hydrogen-bond donors (Lipinski definition) is 1. The van der Waals surface area contributed by atoms with E-state index in [1.165, 1.54) is 6.92 Å². The summed E-state index contributed by atoms with van der Waals surface area (Å²) in [4.78, 5) is 25.7. The summed E-state index contributed by atoms with van der Waals surface area (Å²) in [5.41, 5.74) is -0.0885. The lowest BCUT2D eigenvalue weighted by atomic mass is 10.0. The van der Waals surface area contributed by atoms with Gasteiger partial charge in [0.1, 0.15) is 17.9 Å². The first-order valence-corrected chi connectivity index (χ1v) is 7.47. The Hall–Kier alpha value is -1.50. The molecule has 0 radical (unpaired) electrons. The zero-order chi connectivity index (χ0) is 15.3. The van der Waals surface area contributed by atoms with Gasteiger partial charge >= 0.3 is 0 Å². The van der Waals surface area contributed by atoms with E-state index in [2.05, 4.69) is 21.2 Å². The Bertz CT molecular complexity index is 610. The highest BCUT2D eigenvalue weighted by atomic mass is 79.9. The number of hydrogen-bond acceptors (Lipinski definition) is 2. The van der Waals surface area contributed by atoms with Gasteiger partial charge in [-0.2, -0.15) is 0 Å². The molecule has 3 rings (SSSR count). The van der Waals surface area contributed by atoms with Crippen LogP contribution in [0.5, 0.6) is 0 Å². The molecule has 2 amide bonds. The van der Waals surface area contributed by atoms with Crippen LogP contribution in [-0.2, 0) is 9.59 Å². The molecule has 112 valence electrons. The largest absolute Gasteiger partial charge is 0.342 e. The van der Waals surface area contributed by atoms with Crippen molar-refractivity contribution in [2.45, 2.75) is 31.8 Å². The smallest absolute Gasteiger partial charge is 0.250 e. The first-order chi connectivity index (χ1) is 9.90. The molecule has 1 heterocycles. The maximum absolute atomic E-state index is 14.1. The van der Waals surface area contributed by atoms with Crippen LogP contribution in [0, 0.1) is 17.6 Å². The van der Waals surface area contributed by atoms with Gasteiger partial charge < -0.3 is 5.32 Å². The van der Waals surface area contributed by atoms with Gasteiger partial charge in [0, 0.05) is 10.5 Å². The quantitative estimate of drug-likeness (QED) is 0.882. The predicted molar refractivity (Wildman–Crippen MR) is 75.7 cm³/mol. The van der Waals surface area contributed by atoms with Gasteiger partial charge in [0.15, 0.2) is 5.82 Å². The van der Waals surface area contributed by atoms with E-state index in [-0.39, 0.29) is 27.9 Å². The second-order valence-electron chi connectivity index (χ2n) is 5.43. The fourth-order valence-electron chi connectivity index (χ4n) is 2.61. The Morgan fingerprint density at radius 2 is 1.95 bits per heavy atom. The second kappa shape index (κ2) is 5.05. The van der Waals surface area contributed by atoms with Crippen LogP contribution in [0.4, 0.5) is 14.5 Å². The van der Waals surface area contributed by atoms with Gasteiger partial charge in [-0.15, -0.1) is 0 Å². The minimum absolute atomic E-state index is 0.0885. The van der Waals surface area contributed by atoms with E-state index in [9.17, 15) is 18.4 Å². The maximum atomic E-state index is 14.1. The van der Waals surface area contributed by atoms with E-state index in [0.717, 1.165) is 23.8 Å². The maximum Gasteiger partial charge on any atom is 0.250 e. The molecule has 0 spiro atoms. The van der Waals surface area contributed by atoms with E-state index in [4.69, 9.17) is 0 Å². The second-order valence-corrected chi connectivity index (χ2v) is 6.28. The van der Waals surface area contributed by atoms with Crippen LogP contribution in [0.15, 0.2) is 16.6 Å². The van der Waals surface area contributed by atoms with Crippen molar-refractivity contribution in [3.05, 3.63) is 28.2 Å². The molecule has 0 bridgehead atoms. The Morgan fingerprint density at radius 1 is 1.29 bits per heavy atom. The highest BCUT2D eigenvalue weighted by molar-refractivity contribution is 9.10. The van der Waals surface area contributed by atoms with Crippen LogP contribution < -0.4 is 10.2 Å². The molecule has 1 aromatic carbocycles. The molecule has 2 unspecified atom stereocenters. The number of nitrogens with zero attached hydrogens (tertiary/aromatic N) is 1. The summed E-state index contributed by atoms with van der Waals surface area (Å²) in [6.07, 6.45) is 1.73. The summed E-state index contributed by atoms with van der Waals surface area (Å²) >= 11 is 3.08. The highest BCUT2D eigenvalue weighted by Gasteiger charge is 2.47. The molecule has 1 N–H and O–H groups in total. The minimum atomic E-state index is -0.869. The van der Waals surface area contributed by atoms with Crippen LogP contribution in [0.3, 0.4) is 0 Å². The molecule has 1 aromatic rings. The number of anilines is 1. The molecule has 1 aliphatic carbocycles. The lowest BCUT2D eigenvalue weighted by Gasteiger charge is -2.38. The summed E-state index contributed by atoms with van der Waals surface area (Å²) in [6, 6.07) is 0.323. The van der Waals surface area contributed by atoms with Crippen molar-refractivity contribution in [3.63, 3.8) is 0 Å².